The van der Waals surface area contributed by atoms with Crippen molar-refractivity contribution in [2.75, 3.05) is 27.2 Å². The van der Waals surface area contributed by atoms with E-state index in [1.54, 1.807) is 14.1 Å². The molecule has 0 spiro atoms. The van der Waals surface area contributed by atoms with Gasteiger partial charge in [-0.1, -0.05) is 5.92 Å². The summed E-state index contributed by atoms with van der Waals surface area (Å²) in [6.07, 6.45) is 5.15. The van der Waals surface area contributed by atoms with E-state index in [4.69, 9.17) is 6.42 Å². The van der Waals surface area contributed by atoms with Crippen LogP contribution in [0.3, 0.4) is 0 Å². The van der Waals surface area contributed by atoms with E-state index in [1.807, 2.05) is 6.92 Å². The first-order chi connectivity index (χ1) is 6.07. The number of hydrogen-bond acceptors (Lipinski definition) is 2. The maximum Gasteiger partial charge on any atom is 0.316 e. The van der Waals surface area contributed by atoms with Crippen molar-refractivity contribution in [3.63, 3.8) is 0 Å². The van der Waals surface area contributed by atoms with Gasteiger partial charge >= 0.3 is 6.03 Å². The van der Waals surface area contributed by atoms with E-state index >= 15 is 0 Å². The van der Waals surface area contributed by atoms with E-state index in [0.717, 1.165) is 0 Å². The Morgan fingerprint density at radius 1 is 1.54 bits per heavy atom. The molecule has 2 amide bonds. The standard InChI is InChI=1S/C9H17N3O/c1-5-8(2)10-6-7-11-9(13)12(3)4/h1,8,10H,6-7H2,2-4H3,(H,11,13). The summed E-state index contributed by atoms with van der Waals surface area (Å²) in [5.41, 5.74) is 0. The molecule has 1 unspecified atom stereocenters. The monoisotopic (exact) mass is 183 g/mol. The fourth-order valence-corrected chi connectivity index (χ4v) is 0.675. The van der Waals surface area contributed by atoms with E-state index in [1.165, 1.54) is 4.90 Å². The van der Waals surface area contributed by atoms with E-state index in [9.17, 15) is 4.79 Å². The normalized spacial score (nSPS) is 11.5. The molecule has 2 N–H and O–H groups in total. The number of terminal acetylenes is 1. The fraction of sp³-hybridized carbons (Fsp3) is 0.667. The summed E-state index contributed by atoms with van der Waals surface area (Å²) in [6, 6.07) is -0.0357. The largest absolute Gasteiger partial charge is 0.337 e. The first kappa shape index (κ1) is 11.8. The Balaban J connectivity index is 3.37. The number of hydrogen-bond donors (Lipinski definition) is 2. The Morgan fingerprint density at radius 3 is 2.62 bits per heavy atom. The lowest BCUT2D eigenvalue weighted by Gasteiger charge is -2.12. The molecule has 0 aromatic rings. The van der Waals surface area contributed by atoms with Gasteiger partial charge in [0.1, 0.15) is 0 Å². The zero-order chi connectivity index (χ0) is 10.3. The summed E-state index contributed by atoms with van der Waals surface area (Å²) in [5.74, 6) is 2.54. The zero-order valence-corrected chi connectivity index (χ0v) is 8.42. The van der Waals surface area contributed by atoms with Crippen molar-refractivity contribution in [2.45, 2.75) is 13.0 Å². The second-order valence-corrected chi connectivity index (χ2v) is 2.97. The van der Waals surface area contributed by atoms with E-state index in [0.29, 0.717) is 13.1 Å². The summed E-state index contributed by atoms with van der Waals surface area (Å²) in [7, 11) is 3.40. The molecule has 0 radical (unpaired) electrons. The van der Waals surface area contributed by atoms with E-state index in [2.05, 4.69) is 16.6 Å². The first-order valence-electron chi connectivity index (χ1n) is 4.22. The van der Waals surface area contributed by atoms with Crippen molar-refractivity contribution in [3.8, 4) is 12.3 Å². The number of urea groups is 1. The van der Waals surface area contributed by atoms with Crippen molar-refractivity contribution >= 4 is 6.03 Å². The average Bonchev–Trinajstić information content (AvgIpc) is 2.11. The minimum atomic E-state index is -0.0878. The molecule has 13 heavy (non-hydrogen) atoms. The van der Waals surface area contributed by atoms with Gasteiger partial charge in [-0.3, -0.25) is 0 Å². The van der Waals surface area contributed by atoms with Crippen LogP contribution in [0.25, 0.3) is 0 Å². The summed E-state index contributed by atoms with van der Waals surface area (Å²) in [4.78, 5) is 12.5. The van der Waals surface area contributed by atoms with Gasteiger partial charge in [-0.05, 0) is 6.92 Å². The second kappa shape index (κ2) is 6.32. The highest BCUT2D eigenvalue weighted by molar-refractivity contribution is 5.73. The predicted octanol–water partition coefficient (Wildman–Crippen LogP) is -0.131. The molecule has 74 valence electrons. The van der Waals surface area contributed by atoms with Gasteiger partial charge in [-0.2, -0.15) is 0 Å². The van der Waals surface area contributed by atoms with Crippen LogP contribution in [0.15, 0.2) is 0 Å². The van der Waals surface area contributed by atoms with Crippen LogP contribution in [0.4, 0.5) is 4.79 Å². The summed E-state index contributed by atoms with van der Waals surface area (Å²) in [6.45, 7) is 3.17. The lowest BCUT2D eigenvalue weighted by Crippen LogP contribution is -2.39. The average molecular weight is 183 g/mol. The van der Waals surface area contributed by atoms with Gasteiger partial charge in [-0.25, -0.2) is 4.79 Å². The van der Waals surface area contributed by atoms with Gasteiger partial charge < -0.3 is 15.5 Å². The molecule has 4 nitrogen and oxygen atoms in total. The Hall–Kier alpha value is -1.21. The molecule has 0 fully saturated rings. The van der Waals surface area contributed by atoms with Crippen LogP contribution >= 0.6 is 0 Å². The highest BCUT2D eigenvalue weighted by atomic mass is 16.2. The van der Waals surface area contributed by atoms with Crippen molar-refractivity contribution in [2.24, 2.45) is 0 Å². The molecular weight excluding hydrogens is 166 g/mol. The highest BCUT2D eigenvalue weighted by Gasteiger charge is 2.00. The van der Waals surface area contributed by atoms with E-state index < -0.39 is 0 Å². The van der Waals surface area contributed by atoms with Crippen LogP contribution in [0.5, 0.6) is 0 Å². The zero-order valence-electron chi connectivity index (χ0n) is 8.42. The van der Waals surface area contributed by atoms with Gasteiger partial charge in [0.25, 0.3) is 0 Å². The van der Waals surface area contributed by atoms with Crippen LogP contribution in [0.1, 0.15) is 6.92 Å². The summed E-state index contributed by atoms with van der Waals surface area (Å²) < 4.78 is 0. The van der Waals surface area contributed by atoms with Crippen molar-refractivity contribution in [1.82, 2.24) is 15.5 Å². The number of rotatable bonds is 4. The lowest BCUT2D eigenvalue weighted by molar-refractivity contribution is 0.217. The molecule has 0 aliphatic rings. The molecule has 0 aromatic heterocycles. The number of nitrogens with one attached hydrogen (secondary N) is 2. The van der Waals surface area contributed by atoms with Gasteiger partial charge in [0.15, 0.2) is 0 Å². The van der Waals surface area contributed by atoms with Gasteiger partial charge in [0.2, 0.25) is 0 Å². The topological polar surface area (TPSA) is 44.4 Å². The van der Waals surface area contributed by atoms with Gasteiger partial charge in [0, 0.05) is 27.2 Å². The van der Waals surface area contributed by atoms with Crippen LogP contribution in [-0.2, 0) is 0 Å². The molecule has 0 saturated heterocycles. The minimum Gasteiger partial charge on any atom is -0.337 e. The van der Waals surface area contributed by atoms with Crippen LogP contribution in [-0.4, -0.2) is 44.2 Å². The van der Waals surface area contributed by atoms with Crippen molar-refractivity contribution in [3.05, 3.63) is 0 Å². The molecule has 4 heteroatoms. The summed E-state index contributed by atoms with van der Waals surface area (Å²) >= 11 is 0. The quantitative estimate of drug-likeness (QED) is 0.471. The molecule has 0 aliphatic heterocycles. The van der Waals surface area contributed by atoms with Crippen molar-refractivity contribution < 1.29 is 4.79 Å². The maximum atomic E-state index is 11.0. The number of nitrogens with zero attached hydrogens (tertiary/aromatic N) is 1. The Labute approximate surface area is 79.7 Å². The highest BCUT2D eigenvalue weighted by Crippen LogP contribution is 1.77. The smallest absolute Gasteiger partial charge is 0.316 e. The van der Waals surface area contributed by atoms with Crippen molar-refractivity contribution in [1.29, 1.82) is 0 Å². The number of amides is 2. The third kappa shape index (κ3) is 6.00. The third-order valence-corrected chi connectivity index (χ3v) is 1.51. The minimum absolute atomic E-state index is 0.0521. The third-order valence-electron chi connectivity index (χ3n) is 1.51. The lowest BCUT2D eigenvalue weighted by atomic mass is 10.3. The van der Waals surface area contributed by atoms with Crippen LogP contribution in [0.2, 0.25) is 0 Å². The van der Waals surface area contributed by atoms with E-state index in [-0.39, 0.29) is 12.1 Å². The Kier molecular flexibility index (Phi) is 5.73. The fourth-order valence-electron chi connectivity index (χ4n) is 0.675. The number of carbonyl (C=O) groups excluding carboxylic acids is 1. The first-order valence-corrected chi connectivity index (χ1v) is 4.22. The summed E-state index contributed by atoms with van der Waals surface area (Å²) in [5, 5.41) is 5.77. The molecule has 1 atom stereocenters. The predicted molar refractivity (Wildman–Crippen MR) is 53.4 cm³/mol. The Bertz CT molecular complexity index is 196. The molecular formula is C9H17N3O. The Morgan fingerprint density at radius 2 is 2.15 bits per heavy atom. The molecule has 0 aliphatic carbocycles. The van der Waals surface area contributed by atoms with Crippen LogP contribution < -0.4 is 10.6 Å². The molecule has 0 bridgehead atoms. The molecule has 0 saturated carbocycles. The molecule has 0 rings (SSSR count). The molecule has 0 heterocycles. The van der Waals surface area contributed by atoms with Crippen LogP contribution in [0, 0.1) is 12.3 Å². The second-order valence-electron chi connectivity index (χ2n) is 2.97. The van der Waals surface area contributed by atoms with Gasteiger partial charge in [0.05, 0.1) is 6.04 Å². The number of carbonyl (C=O) groups is 1. The van der Waals surface area contributed by atoms with Gasteiger partial charge in [-0.15, -0.1) is 6.42 Å². The molecule has 0 aromatic carbocycles. The SMILES string of the molecule is C#CC(C)NCCNC(=O)N(C)C. The maximum absolute atomic E-state index is 11.0.